The van der Waals surface area contributed by atoms with Gasteiger partial charge >= 0.3 is 6.03 Å². The Balaban J connectivity index is 1.88. The maximum atomic E-state index is 13.3. The molecule has 1 aliphatic rings. The van der Waals surface area contributed by atoms with E-state index in [4.69, 9.17) is 0 Å². The second kappa shape index (κ2) is 9.49. The van der Waals surface area contributed by atoms with E-state index in [-0.39, 0.29) is 4.90 Å². The van der Waals surface area contributed by atoms with Gasteiger partial charge < -0.3 is 15.1 Å². The van der Waals surface area contributed by atoms with Gasteiger partial charge in [0.2, 0.25) is 5.91 Å². The Kier molecular flexibility index (Phi) is 6.97. The molecule has 0 aliphatic carbocycles. The molecule has 1 N–H and O–H groups in total. The number of likely N-dealkylation sites (N-methyl/N-ethyl adjacent to an activating group) is 1. The van der Waals surface area contributed by atoms with Crippen molar-refractivity contribution in [1.82, 2.24) is 14.1 Å². The number of anilines is 1. The zero-order chi connectivity index (χ0) is 22.6. The van der Waals surface area contributed by atoms with Crippen LogP contribution in [-0.4, -0.2) is 74.2 Å². The third-order valence-electron chi connectivity index (χ3n) is 5.30. The van der Waals surface area contributed by atoms with E-state index < -0.39 is 28.5 Å². The van der Waals surface area contributed by atoms with E-state index >= 15 is 0 Å². The number of para-hydroxylation sites is 1. The first-order valence-electron chi connectivity index (χ1n) is 10.1. The fourth-order valence-electron chi connectivity index (χ4n) is 3.28. The van der Waals surface area contributed by atoms with Crippen molar-refractivity contribution in [2.45, 2.75) is 18.7 Å². The lowest BCUT2D eigenvalue weighted by Gasteiger charge is -2.35. The molecule has 0 saturated carbocycles. The number of carbonyl (C=O) groups is 2. The van der Waals surface area contributed by atoms with Crippen LogP contribution in [0.3, 0.4) is 0 Å². The second-order valence-corrected chi connectivity index (χ2v) is 9.62. The Bertz CT molecular complexity index is 1050. The van der Waals surface area contributed by atoms with Crippen LogP contribution in [0, 0.1) is 13.8 Å². The van der Waals surface area contributed by atoms with Crippen molar-refractivity contribution >= 4 is 27.6 Å². The predicted octanol–water partition coefficient (Wildman–Crippen LogP) is 2.30. The molecule has 0 radical (unpaired) electrons. The molecule has 0 spiro atoms. The highest BCUT2D eigenvalue weighted by Crippen LogP contribution is 2.20. The number of sulfonamides is 1. The van der Waals surface area contributed by atoms with E-state index in [2.05, 4.69) is 10.2 Å². The van der Waals surface area contributed by atoms with E-state index in [9.17, 15) is 18.0 Å². The molecule has 1 fully saturated rings. The van der Waals surface area contributed by atoms with Gasteiger partial charge in [-0.05, 0) is 44.7 Å². The first-order chi connectivity index (χ1) is 14.7. The normalized spacial score (nSPS) is 14.9. The lowest BCUT2D eigenvalue weighted by atomic mass is 10.2. The van der Waals surface area contributed by atoms with Gasteiger partial charge in [0.25, 0.3) is 10.0 Å². The van der Waals surface area contributed by atoms with Crippen LogP contribution < -0.4 is 5.32 Å². The molecule has 0 aromatic heterocycles. The van der Waals surface area contributed by atoms with Crippen LogP contribution in [0.5, 0.6) is 0 Å². The van der Waals surface area contributed by atoms with Crippen molar-refractivity contribution in [3.8, 4) is 0 Å². The zero-order valence-electron chi connectivity index (χ0n) is 18.0. The lowest BCUT2D eigenvalue weighted by molar-refractivity contribution is -0.116. The van der Waals surface area contributed by atoms with Crippen LogP contribution in [0.2, 0.25) is 0 Å². The summed E-state index contributed by atoms with van der Waals surface area (Å²) < 4.78 is 27.3. The summed E-state index contributed by atoms with van der Waals surface area (Å²) in [5.41, 5.74) is 2.31. The summed E-state index contributed by atoms with van der Waals surface area (Å²) in [6.45, 7) is 5.16. The number of nitrogens with zero attached hydrogens (tertiary/aromatic N) is 3. The number of amides is 3. The third kappa shape index (κ3) is 5.42. The molecule has 2 aromatic carbocycles. The smallest absolute Gasteiger partial charge is 0.324 e. The number of carbonyl (C=O) groups excluding carboxylic acids is 2. The monoisotopic (exact) mass is 444 g/mol. The zero-order valence-corrected chi connectivity index (χ0v) is 18.9. The average molecular weight is 445 g/mol. The average Bonchev–Trinajstić information content (AvgIpc) is 2.74. The van der Waals surface area contributed by atoms with Crippen molar-refractivity contribution in [2.24, 2.45) is 0 Å². The highest BCUT2D eigenvalue weighted by molar-refractivity contribution is 7.89. The summed E-state index contributed by atoms with van der Waals surface area (Å²) in [4.78, 5) is 29.5. The molecule has 1 heterocycles. The molecule has 1 saturated heterocycles. The van der Waals surface area contributed by atoms with Gasteiger partial charge in [0, 0.05) is 31.9 Å². The molecule has 0 bridgehead atoms. The summed E-state index contributed by atoms with van der Waals surface area (Å²) in [6.07, 6.45) is 0. The maximum absolute atomic E-state index is 13.3. The largest absolute Gasteiger partial charge is 0.334 e. The van der Waals surface area contributed by atoms with Crippen LogP contribution in [0.25, 0.3) is 0 Å². The molecule has 9 heteroatoms. The molecule has 31 heavy (non-hydrogen) atoms. The molecule has 1 aliphatic heterocycles. The minimum Gasteiger partial charge on any atom is -0.324 e. The van der Waals surface area contributed by atoms with Crippen LogP contribution in [0.1, 0.15) is 11.1 Å². The highest BCUT2D eigenvalue weighted by Gasteiger charge is 2.35. The van der Waals surface area contributed by atoms with Gasteiger partial charge in [-0.1, -0.05) is 35.9 Å². The summed E-state index contributed by atoms with van der Waals surface area (Å²) in [5.74, 6) is -0.576. The number of hydrogen-bond acceptors (Lipinski definition) is 5. The second-order valence-electron chi connectivity index (χ2n) is 7.76. The van der Waals surface area contributed by atoms with E-state index in [0.29, 0.717) is 36.2 Å². The SMILES string of the molecule is Cc1ccc(S(=O)(=O)N(CC(=O)Nc2ccccc2C)C(=O)N2CCN(C)CC2)cc1. The number of hydrogen-bond donors (Lipinski definition) is 1. The highest BCUT2D eigenvalue weighted by atomic mass is 32.2. The predicted molar refractivity (Wildman–Crippen MR) is 119 cm³/mol. The molecule has 3 rings (SSSR count). The molecule has 0 atom stereocenters. The topological polar surface area (TPSA) is 90.0 Å². The van der Waals surface area contributed by atoms with Gasteiger partial charge in [0.05, 0.1) is 4.90 Å². The number of rotatable bonds is 5. The minimum absolute atomic E-state index is 0.0238. The molecule has 3 amide bonds. The van der Waals surface area contributed by atoms with E-state index in [1.165, 1.54) is 17.0 Å². The summed E-state index contributed by atoms with van der Waals surface area (Å²) in [7, 11) is -2.27. The Morgan fingerprint density at radius 1 is 0.968 bits per heavy atom. The van der Waals surface area contributed by atoms with Crippen molar-refractivity contribution in [2.75, 3.05) is 45.1 Å². The van der Waals surface area contributed by atoms with Gasteiger partial charge in [0.15, 0.2) is 0 Å². The quantitative estimate of drug-likeness (QED) is 0.764. The molecule has 2 aromatic rings. The van der Waals surface area contributed by atoms with Gasteiger partial charge in [-0.3, -0.25) is 4.79 Å². The van der Waals surface area contributed by atoms with E-state index in [0.717, 1.165) is 11.1 Å². The van der Waals surface area contributed by atoms with Gasteiger partial charge in [-0.15, -0.1) is 0 Å². The van der Waals surface area contributed by atoms with Gasteiger partial charge in [-0.25, -0.2) is 17.5 Å². The maximum Gasteiger partial charge on any atom is 0.334 e. The van der Waals surface area contributed by atoms with Gasteiger partial charge in [0.1, 0.15) is 6.54 Å². The number of aryl methyl sites for hydroxylation is 2. The standard InChI is InChI=1S/C22H28N4O4S/c1-17-8-10-19(11-9-17)31(29,30)26(22(28)25-14-12-24(3)13-15-25)16-21(27)23-20-7-5-4-6-18(20)2/h4-11H,12-16H2,1-3H3,(H,23,27). The van der Waals surface area contributed by atoms with E-state index in [1.807, 2.05) is 33.0 Å². The summed E-state index contributed by atoms with van der Waals surface area (Å²) in [6, 6.07) is 12.7. The molecular weight excluding hydrogens is 416 g/mol. The number of benzene rings is 2. The Morgan fingerprint density at radius 2 is 1.58 bits per heavy atom. The van der Waals surface area contributed by atoms with Crippen molar-refractivity contribution in [3.63, 3.8) is 0 Å². The van der Waals surface area contributed by atoms with Crippen molar-refractivity contribution in [3.05, 3.63) is 59.7 Å². The minimum atomic E-state index is -4.21. The Morgan fingerprint density at radius 3 is 2.19 bits per heavy atom. The van der Waals surface area contributed by atoms with Crippen molar-refractivity contribution < 1.29 is 18.0 Å². The van der Waals surface area contributed by atoms with Crippen LogP contribution >= 0.6 is 0 Å². The summed E-state index contributed by atoms with van der Waals surface area (Å²) in [5, 5.41) is 2.71. The Labute approximate surface area is 183 Å². The molecular formula is C22H28N4O4S. The fraction of sp³-hybridized carbons (Fsp3) is 0.364. The summed E-state index contributed by atoms with van der Waals surface area (Å²) >= 11 is 0. The Hall–Kier alpha value is -2.91. The number of nitrogens with one attached hydrogen (secondary N) is 1. The number of piperazine rings is 1. The van der Waals surface area contributed by atoms with Crippen LogP contribution in [0.4, 0.5) is 10.5 Å². The van der Waals surface area contributed by atoms with Crippen LogP contribution in [0.15, 0.2) is 53.4 Å². The first kappa shape index (κ1) is 22.8. The first-order valence-corrected chi connectivity index (χ1v) is 11.5. The van der Waals surface area contributed by atoms with Gasteiger partial charge in [-0.2, -0.15) is 0 Å². The van der Waals surface area contributed by atoms with Crippen molar-refractivity contribution in [1.29, 1.82) is 0 Å². The number of urea groups is 1. The van der Waals surface area contributed by atoms with E-state index in [1.54, 1.807) is 24.3 Å². The molecule has 166 valence electrons. The third-order valence-corrected chi connectivity index (χ3v) is 7.04. The fourth-order valence-corrected chi connectivity index (χ4v) is 4.62. The van der Waals surface area contributed by atoms with Crippen LogP contribution in [-0.2, 0) is 14.8 Å². The lowest BCUT2D eigenvalue weighted by Crippen LogP contribution is -2.54. The molecule has 8 nitrogen and oxygen atoms in total. The molecule has 0 unspecified atom stereocenters.